The van der Waals surface area contributed by atoms with E-state index >= 15 is 0 Å². The lowest BCUT2D eigenvalue weighted by Crippen LogP contribution is -2.56. The van der Waals surface area contributed by atoms with E-state index in [0.717, 1.165) is 15.8 Å². The Balaban J connectivity index is 1.40. The quantitative estimate of drug-likeness (QED) is 0.743. The number of ether oxygens (including phenoxy) is 1. The molecular weight excluding hydrogens is 310 g/mol. The van der Waals surface area contributed by atoms with Gasteiger partial charge in [0, 0.05) is 12.4 Å². The zero-order valence-electron chi connectivity index (χ0n) is 12.6. The van der Waals surface area contributed by atoms with E-state index in [2.05, 4.69) is 9.97 Å². The molecule has 0 atom stereocenters. The minimum absolute atomic E-state index is 0.00176. The molecule has 0 spiro atoms. The van der Waals surface area contributed by atoms with Gasteiger partial charge in [0.05, 0.1) is 28.9 Å². The second-order valence-electron chi connectivity index (χ2n) is 5.59. The molecule has 23 heavy (non-hydrogen) atoms. The smallest absolute Gasteiger partial charge is 0.274 e. The van der Waals surface area contributed by atoms with Crippen LogP contribution in [-0.2, 0) is 0 Å². The van der Waals surface area contributed by atoms with Gasteiger partial charge >= 0.3 is 0 Å². The molecule has 116 valence electrons. The van der Waals surface area contributed by atoms with E-state index in [4.69, 9.17) is 4.74 Å². The molecule has 0 N–H and O–H groups in total. The highest BCUT2D eigenvalue weighted by molar-refractivity contribution is 7.20. The van der Waals surface area contributed by atoms with Crippen molar-refractivity contribution in [2.24, 2.45) is 0 Å². The molecule has 1 aliphatic rings. The summed E-state index contributed by atoms with van der Waals surface area (Å²) in [6.07, 6.45) is 3.26. The maximum atomic E-state index is 12.2. The summed E-state index contributed by atoms with van der Waals surface area (Å²) in [5.74, 6) is -0.00176. The van der Waals surface area contributed by atoms with Crippen molar-refractivity contribution in [1.29, 1.82) is 0 Å². The lowest BCUT2D eigenvalue weighted by molar-refractivity contribution is 0.0177. The van der Waals surface area contributed by atoms with E-state index in [0.29, 0.717) is 23.8 Å². The number of fused-ring (bicyclic) bond motifs is 1. The van der Waals surface area contributed by atoms with Crippen LogP contribution in [0.4, 0.5) is 0 Å². The topological polar surface area (TPSA) is 55.3 Å². The highest BCUT2D eigenvalue weighted by Gasteiger charge is 2.33. The molecule has 5 nitrogen and oxygen atoms in total. The fourth-order valence-electron chi connectivity index (χ4n) is 2.61. The van der Waals surface area contributed by atoms with Crippen LogP contribution in [0, 0.1) is 6.92 Å². The summed E-state index contributed by atoms with van der Waals surface area (Å²) in [6, 6.07) is 9.66. The number of thiazole rings is 1. The number of para-hydroxylation sites is 1. The molecule has 1 saturated heterocycles. The molecule has 1 amide bonds. The van der Waals surface area contributed by atoms with Crippen molar-refractivity contribution in [3.8, 4) is 5.19 Å². The third-order valence-corrected chi connectivity index (χ3v) is 4.82. The van der Waals surface area contributed by atoms with Crippen LogP contribution in [-0.4, -0.2) is 40.0 Å². The number of hydrogen-bond acceptors (Lipinski definition) is 5. The normalized spacial score (nSPS) is 14.7. The number of nitrogens with zero attached hydrogens (tertiary/aromatic N) is 3. The first-order valence-electron chi connectivity index (χ1n) is 7.43. The molecule has 0 aliphatic carbocycles. The molecule has 1 aromatic carbocycles. The molecule has 2 aromatic heterocycles. The molecule has 1 aliphatic heterocycles. The molecule has 0 saturated carbocycles. The summed E-state index contributed by atoms with van der Waals surface area (Å²) in [5.41, 5.74) is 2.76. The summed E-state index contributed by atoms with van der Waals surface area (Å²) in [6.45, 7) is 3.22. The monoisotopic (exact) mass is 325 g/mol. The lowest BCUT2D eigenvalue weighted by atomic mass is 10.1. The largest absolute Gasteiger partial charge is 0.463 e. The third-order valence-electron chi connectivity index (χ3n) is 3.91. The Bertz CT molecular complexity index is 857. The van der Waals surface area contributed by atoms with Gasteiger partial charge in [-0.2, -0.15) is 0 Å². The fourth-order valence-corrected chi connectivity index (χ4v) is 3.57. The average molecular weight is 325 g/mol. The van der Waals surface area contributed by atoms with Gasteiger partial charge in [0.1, 0.15) is 6.10 Å². The number of aryl methyl sites for hydroxylation is 1. The Morgan fingerprint density at radius 3 is 2.91 bits per heavy atom. The van der Waals surface area contributed by atoms with Crippen LogP contribution in [0.25, 0.3) is 10.2 Å². The second kappa shape index (κ2) is 5.62. The summed E-state index contributed by atoms with van der Waals surface area (Å²) in [5, 5.41) is 0.674. The minimum atomic E-state index is -0.00176. The van der Waals surface area contributed by atoms with E-state index in [9.17, 15) is 4.79 Å². The predicted molar refractivity (Wildman–Crippen MR) is 88.9 cm³/mol. The van der Waals surface area contributed by atoms with Crippen molar-refractivity contribution >= 4 is 27.5 Å². The van der Waals surface area contributed by atoms with Gasteiger partial charge in [0.15, 0.2) is 0 Å². The van der Waals surface area contributed by atoms with Gasteiger partial charge < -0.3 is 9.64 Å². The summed E-state index contributed by atoms with van der Waals surface area (Å²) >= 11 is 1.55. The van der Waals surface area contributed by atoms with Crippen molar-refractivity contribution in [1.82, 2.24) is 14.9 Å². The number of pyridine rings is 1. The van der Waals surface area contributed by atoms with Crippen molar-refractivity contribution in [2.75, 3.05) is 13.1 Å². The Labute approximate surface area is 137 Å². The number of likely N-dealkylation sites (tertiary alicyclic amines) is 1. The Morgan fingerprint density at radius 2 is 2.17 bits per heavy atom. The maximum absolute atomic E-state index is 12.2. The van der Waals surface area contributed by atoms with Gasteiger partial charge in [-0.15, -0.1) is 0 Å². The van der Waals surface area contributed by atoms with Crippen molar-refractivity contribution in [2.45, 2.75) is 13.0 Å². The van der Waals surface area contributed by atoms with E-state index in [1.807, 2.05) is 25.1 Å². The number of aromatic nitrogens is 2. The molecule has 1 fully saturated rings. The van der Waals surface area contributed by atoms with E-state index in [1.54, 1.807) is 40.8 Å². The summed E-state index contributed by atoms with van der Waals surface area (Å²) in [4.78, 5) is 22.5. The molecule has 3 heterocycles. The van der Waals surface area contributed by atoms with Crippen LogP contribution in [0.3, 0.4) is 0 Å². The van der Waals surface area contributed by atoms with Gasteiger partial charge in [-0.25, -0.2) is 4.98 Å². The van der Waals surface area contributed by atoms with Gasteiger partial charge in [0.2, 0.25) is 0 Å². The standard InChI is InChI=1S/C17H15N3O2S/c1-11-4-2-6-14-15(11)19-17(23-14)22-13-9-20(10-13)16(21)12-5-3-7-18-8-12/h2-8,13H,9-10H2,1H3. The number of amides is 1. The van der Waals surface area contributed by atoms with Gasteiger partial charge in [0.25, 0.3) is 11.1 Å². The summed E-state index contributed by atoms with van der Waals surface area (Å²) in [7, 11) is 0. The Hall–Kier alpha value is -2.47. The highest BCUT2D eigenvalue weighted by Crippen LogP contribution is 2.31. The Morgan fingerprint density at radius 1 is 1.30 bits per heavy atom. The SMILES string of the molecule is Cc1cccc2sc(OC3CN(C(=O)c4cccnc4)C3)nc12. The molecule has 0 bridgehead atoms. The van der Waals surface area contributed by atoms with Crippen LogP contribution < -0.4 is 4.74 Å². The molecular formula is C17H15N3O2S. The first-order valence-corrected chi connectivity index (χ1v) is 8.24. The molecule has 0 unspecified atom stereocenters. The Kier molecular flexibility index (Phi) is 3.46. The lowest BCUT2D eigenvalue weighted by Gasteiger charge is -2.38. The zero-order chi connectivity index (χ0) is 15.8. The number of hydrogen-bond donors (Lipinski definition) is 0. The molecule has 4 rings (SSSR count). The predicted octanol–water partition coefficient (Wildman–Crippen LogP) is 2.90. The molecule has 3 aromatic rings. The van der Waals surface area contributed by atoms with Crippen LogP contribution in [0.15, 0.2) is 42.7 Å². The average Bonchev–Trinajstić information content (AvgIpc) is 2.95. The van der Waals surface area contributed by atoms with Gasteiger partial charge in [-0.05, 0) is 30.7 Å². The van der Waals surface area contributed by atoms with Crippen molar-refractivity contribution < 1.29 is 9.53 Å². The second-order valence-corrected chi connectivity index (χ2v) is 6.59. The third kappa shape index (κ3) is 2.66. The van der Waals surface area contributed by atoms with Gasteiger partial charge in [-0.1, -0.05) is 23.5 Å². The van der Waals surface area contributed by atoms with Crippen LogP contribution in [0.1, 0.15) is 15.9 Å². The molecule has 6 heteroatoms. The van der Waals surface area contributed by atoms with Crippen molar-refractivity contribution in [3.63, 3.8) is 0 Å². The van der Waals surface area contributed by atoms with E-state index in [1.165, 1.54) is 0 Å². The molecule has 0 radical (unpaired) electrons. The number of rotatable bonds is 3. The van der Waals surface area contributed by atoms with Crippen LogP contribution in [0.2, 0.25) is 0 Å². The van der Waals surface area contributed by atoms with E-state index in [-0.39, 0.29) is 12.0 Å². The highest BCUT2D eigenvalue weighted by atomic mass is 32.1. The first-order chi connectivity index (χ1) is 11.2. The van der Waals surface area contributed by atoms with Crippen LogP contribution >= 0.6 is 11.3 Å². The number of carbonyl (C=O) groups is 1. The maximum Gasteiger partial charge on any atom is 0.274 e. The van der Waals surface area contributed by atoms with Gasteiger partial charge in [-0.3, -0.25) is 9.78 Å². The first kappa shape index (κ1) is 14.1. The number of carbonyl (C=O) groups excluding carboxylic acids is 1. The number of benzene rings is 1. The zero-order valence-corrected chi connectivity index (χ0v) is 13.4. The van der Waals surface area contributed by atoms with Crippen molar-refractivity contribution in [3.05, 3.63) is 53.9 Å². The summed E-state index contributed by atoms with van der Waals surface area (Å²) < 4.78 is 7.03. The van der Waals surface area contributed by atoms with E-state index < -0.39 is 0 Å². The minimum Gasteiger partial charge on any atom is -0.463 e. The van der Waals surface area contributed by atoms with Crippen LogP contribution in [0.5, 0.6) is 5.19 Å². The fraction of sp³-hybridized carbons (Fsp3) is 0.235.